The van der Waals surface area contributed by atoms with Crippen LogP contribution in [0.15, 0.2) is 35.0 Å². The summed E-state index contributed by atoms with van der Waals surface area (Å²) >= 11 is 1.65. The molecule has 5 nitrogen and oxygen atoms in total. The van der Waals surface area contributed by atoms with Crippen LogP contribution < -0.4 is 0 Å². The van der Waals surface area contributed by atoms with Gasteiger partial charge >= 0.3 is 0 Å². The second-order valence-electron chi connectivity index (χ2n) is 6.33. The van der Waals surface area contributed by atoms with Crippen LogP contribution >= 0.6 is 11.3 Å². The lowest BCUT2D eigenvalue weighted by Gasteiger charge is -2.15. The molecule has 124 valence electrons. The molecule has 0 radical (unpaired) electrons. The highest BCUT2D eigenvalue weighted by Crippen LogP contribution is 2.19. The number of thiophene rings is 1. The van der Waals surface area contributed by atoms with Crippen LogP contribution in [0.3, 0.4) is 0 Å². The van der Waals surface area contributed by atoms with Crippen LogP contribution in [0, 0.1) is 11.8 Å². The zero-order valence-electron chi connectivity index (χ0n) is 13.9. The Morgan fingerprint density at radius 2 is 1.96 bits per heavy atom. The van der Waals surface area contributed by atoms with Crippen LogP contribution in [0.25, 0.3) is 11.0 Å². The maximum Gasteiger partial charge on any atom is 0.135 e. The first-order valence-electron chi connectivity index (χ1n) is 7.63. The monoisotopic (exact) mass is 341 g/mol. The van der Waals surface area contributed by atoms with Gasteiger partial charge < -0.3 is 5.11 Å². The number of aromatic nitrogens is 2. The maximum absolute atomic E-state index is 9.66. The van der Waals surface area contributed by atoms with Crippen molar-refractivity contribution in [3.63, 3.8) is 0 Å². The number of benzene rings is 1. The summed E-state index contributed by atoms with van der Waals surface area (Å²) in [6, 6.07) is 10.0. The molecule has 6 heteroatoms. The lowest BCUT2D eigenvalue weighted by atomic mass is 10.1. The topological polar surface area (TPSA) is 62.4 Å². The fraction of sp³-hybridized carbons (Fsp3) is 0.333. The van der Waals surface area contributed by atoms with E-state index in [1.54, 1.807) is 25.2 Å². The van der Waals surface area contributed by atoms with Gasteiger partial charge in [0.25, 0.3) is 0 Å². The number of hydrogen-bond acceptors (Lipinski definition) is 6. The Morgan fingerprint density at radius 3 is 2.75 bits per heavy atom. The van der Waals surface area contributed by atoms with Gasteiger partial charge in [-0.1, -0.05) is 17.9 Å². The Labute approximate surface area is 144 Å². The number of hydrogen-bond donors (Lipinski definition) is 1. The highest BCUT2D eigenvalue weighted by Gasteiger charge is 2.08. The van der Waals surface area contributed by atoms with Crippen molar-refractivity contribution in [1.29, 1.82) is 0 Å². The highest BCUT2D eigenvalue weighted by atomic mass is 32.1. The Hall–Kier alpha value is -2.20. The Balaban J connectivity index is 1.63. The smallest absolute Gasteiger partial charge is 0.135 e. The molecule has 0 atom stereocenters. The summed E-state index contributed by atoms with van der Waals surface area (Å²) in [7, 11) is 2.08. The Morgan fingerprint density at radius 1 is 1.17 bits per heavy atom. The molecule has 0 aliphatic rings. The van der Waals surface area contributed by atoms with Crippen molar-refractivity contribution in [3.8, 4) is 11.8 Å². The molecule has 0 unspecified atom stereocenters. The zero-order valence-corrected chi connectivity index (χ0v) is 14.7. The second-order valence-corrected chi connectivity index (χ2v) is 7.50. The molecule has 0 saturated heterocycles. The summed E-state index contributed by atoms with van der Waals surface area (Å²) in [5, 5.41) is 17.4. The van der Waals surface area contributed by atoms with E-state index in [1.807, 2.05) is 24.3 Å². The van der Waals surface area contributed by atoms with E-state index in [2.05, 4.69) is 40.2 Å². The van der Waals surface area contributed by atoms with Gasteiger partial charge in [0, 0.05) is 18.0 Å². The number of fused-ring (bicyclic) bond motifs is 1. The van der Waals surface area contributed by atoms with Crippen molar-refractivity contribution in [2.45, 2.75) is 32.5 Å². The van der Waals surface area contributed by atoms with Crippen LogP contribution in [-0.4, -0.2) is 33.0 Å². The molecule has 0 fully saturated rings. The van der Waals surface area contributed by atoms with Gasteiger partial charge in [-0.25, -0.2) is 4.63 Å². The molecule has 0 bridgehead atoms. The molecule has 0 aliphatic carbocycles. The molecule has 3 rings (SSSR count). The van der Waals surface area contributed by atoms with Gasteiger partial charge in [0.05, 0.1) is 4.88 Å². The molecule has 0 spiro atoms. The standard InChI is InChI=1S/C18H19N3O2S/c1-18(2,22)9-8-14-5-6-15(24-14)12-21(3)11-13-4-7-16-17(10-13)20-23-19-16/h4-7,10,22H,11-12H2,1-3H3. The molecular formula is C18H19N3O2S. The van der Waals surface area contributed by atoms with E-state index >= 15 is 0 Å². The van der Waals surface area contributed by atoms with Crippen LogP contribution in [0.5, 0.6) is 0 Å². The normalized spacial score (nSPS) is 11.7. The molecule has 1 aromatic carbocycles. The van der Waals surface area contributed by atoms with Gasteiger partial charge in [0.15, 0.2) is 0 Å². The Kier molecular flexibility index (Phi) is 4.67. The van der Waals surface area contributed by atoms with E-state index in [-0.39, 0.29) is 0 Å². The summed E-state index contributed by atoms with van der Waals surface area (Å²) in [6.07, 6.45) is 0. The van der Waals surface area contributed by atoms with Crippen molar-refractivity contribution < 1.29 is 9.74 Å². The van der Waals surface area contributed by atoms with Crippen molar-refractivity contribution in [2.24, 2.45) is 0 Å². The third-order valence-electron chi connectivity index (χ3n) is 3.35. The average molecular weight is 341 g/mol. The predicted molar refractivity (Wildman–Crippen MR) is 94.5 cm³/mol. The lowest BCUT2D eigenvalue weighted by molar-refractivity contribution is 0.143. The fourth-order valence-electron chi connectivity index (χ4n) is 2.30. The van der Waals surface area contributed by atoms with Crippen molar-refractivity contribution >= 4 is 22.4 Å². The maximum atomic E-state index is 9.66. The molecule has 1 N–H and O–H groups in total. The molecule has 2 heterocycles. The largest absolute Gasteiger partial charge is 0.378 e. The van der Waals surface area contributed by atoms with Gasteiger partial charge in [-0.15, -0.1) is 11.3 Å². The van der Waals surface area contributed by atoms with Gasteiger partial charge in [-0.05, 0) is 61.0 Å². The molecular weight excluding hydrogens is 322 g/mol. The molecule has 0 aliphatic heterocycles. The zero-order chi connectivity index (χ0) is 17.2. The third kappa shape index (κ3) is 4.42. The van der Waals surface area contributed by atoms with Gasteiger partial charge in [-0.2, -0.15) is 0 Å². The van der Waals surface area contributed by atoms with E-state index in [0.29, 0.717) is 0 Å². The van der Waals surface area contributed by atoms with E-state index in [1.165, 1.54) is 10.4 Å². The number of aliphatic hydroxyl groups is 1. The Bertz CT molecular complexity index is 896. The third-order valence-corrected chi connectivity index (χ3v) is 4.34. The van der Waals surface area contributed by atoms with E-state index in [9.17, 15) is 5.11 Å². The second kappa shape index (κ2) is 6.73. The van der Waals surface area contributed by atoms with Gasteiger partial charge in [0.2, 0.25) is 0 Å². The minimum atomic E-state index is -0.963. The molecule has 24 heavy (non-hydrogen) atoms. The van der Waals surface area contributed by atoms with E-state index in [4.69, 9.17) is 4.63 Å². The molecule has 0 saturated carbocycles. The van der Waals surface area contributed by atoms with Gasteiger partial charge in [0.1, 0.15) is 16.6 Å². The first-order valence-corrected chi connectivity index (χ1v) is 8.45. The molecule has 0 amide bonds. The van der Waals surface area contributed by atoms with Crippen LogP contribution in [0.1, 0.15) is 29.2 Å². The summed E-state index contributed by atoms with van der Waals surface area (Å²) in [5.41, 5.74) is 1.76. The summed E-state index contributed by atoms with van der Waals surface area (Å²) < 4.78 is 4.73. The fourth-order valence-corrected chi connectivity index (χ4v) is 3.25. The highest BCUT2D eigenvalue weighted by molar-refractivity contribution is 7.12. The average Bonchev–Trinajstić information content (AvgIpc) is 3.12. The van der Waals surface area contributed by atoms with E-state index < -0.39 is 5.60 Å². The first-order chi connectivity index (χ1) is 11.4. The van der Waals surface area contributed by atoms with E-state index in [0.717, 1.165) is 29.0 Å². The summed E-state index contributed by atoms with van der Waals surface area (Å²) in [6.45, 7) is 5.02. The summed E-state index contributed by atoms with van der Waals surface area (Å²) in [4.78, 5) is 4.44. The van der Waals surface area contributed by atoms with Crippen molar-refractivity contribution in [3.05, 3.63) is 45.6 Å². The minimum Gasteiger partial charge on any atom is -0.378 e. The van der Waals surface area contributed by atoms with Crippen LogP contribution in [0.2, 0.25) is 0 Å². The molecule has 3 aromatic rings. The SMILES string of the molecule is CN(Cc1ccc2nonc2c1)Cc1ccc(C#CC(C)(C)O)s1. The lowest BCUT2D eigenvalue weighted by Crippen LogP contribution is -2.16. The first kappa shape index (κ1) is 16.7. The summed E-state index contributed by atoms with van der Waals surface area (Å²) in [5.74, 6) is 5.86. The quantitative estimate of drug-likeness (QED) is 0.739. The molecule has 2 aromatic heterocycles. The number of nitrogens with zero attached hydrogens (tertiary/aromatic N) is 3. The van der Waals surface area contributed by atoms with Crippen molar-refractivity contribution in [2.75, 3.05) is 7.05 Å². The van der Waals surface area contributed by atoms with Crippen molar-refractivity contribution in [1.82, 2.24) is 15.2 Å². The van der Waals surface area contributed by atoms with Gasteiger partial charge in [-0.3, -0.25) is 4.90 Å². The minimum absolute atomic E-state index is 0.773. The predicted octanol–water partition coefficient (Wildman–Crippen LogP) is 3.04. The number of rotatable bonds is 4. The van der Waals surface area contributed by atoms with Crippen LogP contribution in [0.4, 0.5) is 0 Å². The van der Waals surface area contributed by atoms with Crippen LogP contribution in [-0.2, 0) is 13.1 Å².